The molecule has 6 heteroatoms. The first-order chi connectivity index (χ1) is 11.6. The van der Waals surface area contributed by atoms with Crippen LogP contribution in [0.3, 0.4) is 0 Å². The van der Waals surface area contributed by atoms with Crippen molar-refractivity contribution in [3.8, 4) is 5.75 Å². The molecule has 0 saturated carbocycles. The number of carbonyl (C=O) groups excluding carboxylic acids is 1. The van der Waals surface area contributed by atoms with Crippen LogP contribution in [0.25, 0.3) is 0 Å². The molecule has 1 fully saturated rings. The van der Waals surface area contributed by atoms with Crippen LogP contribution in [-0.2, 0) is 4.79 Å². The van der Waals surface area contributed by atoms with E-state index in [4.69, 9.17) is 4.74 Å². The molecule has 0 unspecified atom stereocenters. The van der Waals surface area contributed by atoms with Gasteiger partial charge in [0.2, 0.25) is 5.95 Å². The van der Waals surface area contributed by atoms with Crippen LogP contribution in [-0.4, -0.2) is 53.6 Å². The zero-order chi connectivity index (χ0) is 16.9. The smallest absolute Gasteiger partial charge is 0.260 e. The molecule has 1 aromatic heterocycles. The molecule has 0 radical (unpaired) electrons. The van der Waals surface area contributed by atoms with Crippen LogP contribution < -0.4 is 9.64 Å². The van der Waals surface area contributed by atoms with E-state index < -0.39 is 0 Å². The van der Waals surface area contributed by atoms with Gasteiger partial charge in [0.1, 0.15) is 5.75 Å². The molecule has 2 heterocycles. The number of ether oxygens (including phenoxy) is 1. The summed E-state index contributed by atoms with van der Waals surface area (Å²) in [6.45, 7) is 6.90. The molecule has 2 aromatic rings. The van der Waals surface area contributed by atoms with Gasteiger partial charge in [0, 0.05) is 38.6 Å². The van der Waals surface area contributed by atoms with Crippen LogP contribution in [0.5, 0.6) is 5.75 Å². The number of hydrogen-bond acceptors (Lipinski definition) is 5. The molecule has 0 spiro atoms. The Labute approximate surface area is 142 Å². The van der Waals surface area contributed by atoms with Crippen LogP contribution in [0.4, 0.5) is 5.95 Å². The third kappa shape index (κ3) is 3.82. The fraction of sp³-hybridized carbons (Fsp3) is 0.389. The predicted octanol–water partition coefficient (Wildman–Crippen LogP) is 1.82. The molecule has 1 amide bonds. The molecular weight excluding hydrogens is 304 g/mol. The Bertz CT molecular complexity index is 697. The standard InChI is InChI=1S/C18H22N4O2/c1-14-4-5-16(15(2)12-14)24-13-17(23)21-8-10-22(11-9-21)18-19-6-3-7-20-18/h3-7,12H,8-11,13H2,1-2H3. The Morgan fingerprint density at radius 1 is 1.12 bits per heavy atom. The second-order valence-electron chi connectivity index (χ2n) is 5.97. The van der Waals surface area contributed by atoms with Gasteiger partial charge in [0.15, 0.2) is 6.61 Å². The summed E-state index contributed by atoms with van der Waals surface area (Å²) in [4.78, 5) is 24.8. The highest BCUT2D eigenvalue weighted by atomic mass is 16.5. The highest BCUT2D eigenvalue weighted by molar-refractivity contribution is 5.78. The number of piperazine rings is 1. The maximum Gasteiger partial charge on any atom is 0.260 e. The van der Waals surface area contributed by atoms with Crippen molar-refractivity contribution in [1.82, 2.24) is 14.9 Å². The average molecular weight is 326 g/mol. The molecular formula is C18H22N4O2. The molecule has 0 aliphatic carbocycles. The quantitative estimate of drug-likeness (QED) is 0.858. The lowest BCUT2D eigenvalue weighted by Gasteiger charge is -2.34. The molecule has 24 heavy (non-hydrogen) atoms. The second-order valence-corrected chi connectivity index (χ2v) is 5.97. The molecule has 1 saturated heterocycles. The number of carbonyl (C=O) groups is 1. The van der Waals surface area contributed by atoms with Crippen LogP contribution in [0.15, 0.2) is 36.7 Å². The number of rotatable bonds is 4. The summed E-state index contributed by atoms with van der Waals surface area (Å²) >= 11 is 0. The van der Waals surface area contributed by atoms with E-state index in [1.807, 2.05) is 30.9 Å². The summed E-state index contributed by atoms with van der Waals surface area (Å²) in [6, 6.07) is 7.76. The first-order valence-electron chi connectivity index (χ1n) is 8.13. The van der Waals surface area contributed by atoms with Crippen molar-refractivity contribution in [3.63, 3.8) is 0 Å². The predicted molar refractivity (Wildman–Crippen MR) is 92.2 cm³/mol. The molecule has 0 N–H and O–H groups in total. The maximum absolute atomic E-state index is 12.3. The first-order valence-corrected chi connectivity index (χ1v) is 8.13. The van der Waals surface area contributed by atoms with Gasteiger partial charge in [-0.1, -0.05) is 17.7 Å². The normalized spacial score (nSPS) is 14.6. The number of anilines is 1. The maximum atomic E-state index is 12.3. The van der Waals surface area contributed by atoms with Crippen LogP contribution in [0.2, 0.25) is 0 Å². The summed E-state index contributed by atoms with van der Waals surface area (Å²) in [5, 5.41) is 0. The molecule has 1 aliphatic heterocycles. The van der Waals surface area contributed by atoms with Crippen molar-refractivity contribution in [2.45, 2.75) is 13.8 Å². The van der Waals surface area contributed by atoms with E-state index >= 15 is 0 Å². The average Bonchev–Trinajstić information content (AvgIpc) is 2.62. The van der Waals surface area contributed by atoms with E-state index in [-0.39, 0.29) is 12.5 Å². The lowest BCUT2D eigenvalue weighted by atomic mass is 10.1. The third-order valence-corrected chi connectivity index (χ3v) is 4.15. The number of benzene rings is 1. The third-order valence-electron chi connectivity index (χ3n) is 4.15. The van der Waals surface area contributed by atoms with Crippen molar-refractivity contribution in [3.05, 3.63) is 47.8 Å². The molecule has 0 atom stereocenters. The lowest BCUT2D eigenvalue weighted by Crippen LogP contribution is -2.50. The number of nitrogens with zero attached hydrogens (tertiary/aromatic N) is 4. The first kappa shape index (κ1) is 16.2. The molecule has 0 bridgehead atoms. The van der Waals surface area contributed by atoms with Gasteiger partial charge in [-0.2, -0.15) is 0 Å². The van der Waals surface area contributed by atoms with Gasteiger partial charge in [-0.05, 0) is 31.5 Å². The zero-order valence-corrected chi connectivity index (χ0v) is 14.1. The fourth-order valence-electron chi connectivity index (χ4n) is 2.80. The zero-order valence-electron chi connectivity index (χ0n) is 14.1. The van der Waals surface area contributed by atoms with E-state index in [1.165, 1.54) is 5.56 Å². The van der Waals surface area contributed by atoms with E-state index in [0.717, 1.165) is 30.4 Å². The Kier molecular flexibility index (Phi) is 4.93. The van der Waals surface area contributed by atoms with Gasteiger partial charge in [-0.15, -0.1) is 0 Å². The van der Waals surface area contributed by atoms with Crippen molar-refractivity contribution in [2.24, 2.45) is 0 Å². The van der Waals surface area contributed by atoms with Gasteiger partial charge in [0.05, 0.1) is 0 Å². The molecule has 126 valence electrons. The molecule has 1 aliphatic rings. The van der Waals surface area contributed by atoms with Crippen molar-refractivity contribution < 1.29 is 9.53 Å². The van der Waals surface area contributed by atoms with Gasteiger partial charge >= 0.3 is 0 Å². The minimum Gasteiger partial charge on any atom is -0.484 e. The van der Waals surface area contributed by atoms with Gasteiger partial charge in [-0.3, -0.25) is 4.79 Å². The van der Waals surface area contributed by atoms with E-state index in [0.29, 0.717) is 13.1 Å². The van der Waals surface area contributed by atoms with Crippen molar-refractivity contribution >= 4 is 11.9 Å². The number of amides is 1. The lowest BCUT2D eigenvalue weighted by molar-refractivity contribution is -0.133. The minimum atomic E-state index is 0.0172. The van der Waals surface area contributed by atoms with Gasteiger partial charge in [-0.25, -0.2) is 9.97 Å². The van der Waals surface area contributed by atoms with Gasteiger partial charge in [0.25, 0.3) is 5.91 Å². The molecule has 1 aromatic carbocycles. The highest BCUT2D eigenvalue weighted by Crippen LogP contribution is 2.19. The highest BCUT2D eigenvalue weighted by Gasteiger charge is 2.22. The van der Waals surface area contributed by atoms with E-state index in [1.54, 1.807) is 18.5 Å². The van der Waals surface area contributed by atoms with Crippen LogP contribution in [0, 0.1) is 13.8 Å². The summed E-state index contributed by atoms with van der Waals surface area (Å²) in [7, 11) is 0. The van der Waals surface area contributed by atoms with Crippen LogP contribution >= 0.6 is 0 Å². The van der Waals surface area contributed by atoms with E-state index in [2.05, 4.69) is 20.9 Å². The largest absolute Gasteiger partial charge is 0.484 e. The molecule has 6 nitrogen and oxygen atoms in total. The summed E-state index contributed by atoms with van der Waals surface area (Å²) < 4.78 is 5.69. The SMILES string of the molecule is Cc1ccc(OCC(=O)N2CCN(c3ncccn3)CC2)c(C)c1. The summed E-state index contributed by atoms with van der Waals surface area (Å²) in [5.74, 6) is 1.50. The number of aromatic nitrogens is 2. The minimum absolute atomic E-state index is 0.0172. The summed E-state index contributed by atoms with van der Waals surface area (Å²) in [5.41, 5.74) is 2.24. The Morgan fingerprint density at radius 2 is 1.83 bits per heavy atom. The number of hydrogen-bond donors (Lipinski definition) is 0. The van der Waals surface area contributed by atoms with E-state index in [9.17, 15) is 4.79 Å². The fourth-order valence-corrected chi connectivity index (χ4v) is 2.80. The van der Waals surface area contributed by atoms with Gasteiger partial charge < -0.3 is 14.5 Å². The Balaban J connectivity index is 1.50. The van der Waals surface area contributed by atoms with Crippen molar-refractivity contribution in [2.75, 3.05) is 37.7 Å². The van der Waals surface area contributed by atoms with Crippen molar-refractivity contribution in [1.29, 1.82) is 0 Å². The monoisotopic (exact) mass is 326 g/mol. The number of aryl methyl sites for hydroxylation is 2. The summed E-state index contributed by atoms with van der Waals surface area (Å²) in [6.07, 6.45) is 3.47. The topological polar surface area (TPSA) is 58.6 Å². The Hall–Kier alpha value is -2.63. The second kappa shape index (κ2) is 7.29. The Morgan fingerprint density at radius 3 is 2.50 bits per heavy atom. The molecule has 3 rings (SSSR count). The van der Waals surface area contributed by atoms with Crippen LogP contribution in [0.1, 0.15) is 11.1 Å².